The van der Waals surface area contributed by atoms with Gasteiger partial charge in [0.05, 0.1) is 11.8 Å². The first-order chi connectivity index (χ1) is 3.72. The van der Waals surface area contributed by atoms with Crippen molar-refractivity contribution in [2.24, 2.45) is 5.16 Å². The second-order valence-corrected chi connectivity index (χ2v) is 1.59. The normalized spacial score (nSPS) is 16.1. The Morgan fingerprint density at radius 2 is 2.25 bits per heavy atom. The first-order valence-electron chi connectivity index (χ1n) is 2.30. The molecule has 0 aromatic rings. The molecule has 0 fully saturated rings. The van der Waals surface area contributed by atoms with Gasteiger partial charge in [0.2, 0.25) is 0 Å². The standard InChI is InChI=1S/C4H10N2O2/c1-3(5-7)4(2)6-8/h3,5,7-8H,1-2H3. The molecule has 0 aromatic heterocycles. The number of hydroxylamine groups is 1. The fourth-order valence-corrected chi connectivity index (χ4v) is 0.180. The van der Waals surface area contributed by atoms with E-state index < -0.39 is 0 Å². The van der Waals surface area contributed by atoms with Crippen molar-refractivity contribution in [1.29, 1.82) is 0 Å². The summed E-state index contributed by atoms with van der Waals surface area (Å²) in [7, 11) is 0. The Hall–Kier alpha value is -0.610. The van der Waals surface area contributed by atoms with Crippen molar-refractivity contribution < 1.29 is 10.4 Å². The van der Waals surface area contributed by atoms with Crippen LogP contribution in [0.5, 0.6) is 0 Å². The summed E-state index contributed by atoms with van der Waals surface area (Å²) in [5.74, 6) is 0. The lowest BCUT2D eigenvalue weighted by atomic mass is 10.2. The van der Waals surface area contributed by atoms with Crippen LogP contribution in [0.25, 0.3) is 0 Å². The molecule has 0 saturated carbocycles. The summed E-state index contributed by atoms with van der Waals surface area (Å²) in [6.45, 7) is 3.28. The van der Waals surface area contributed by atoms with E-state index in [-0.39, 0.29) is 6.04 Å². The van der Waals surface area contributed by atoms with Crippen LogP contribution < -0.4 is 5.48 Å². The van der Waals surface area contributed by atoms with Crippen molar-refractivity contribution in [2.75, 3.05) is 0 Å². The van der Waals surface area contributed by atoms with Gasteiger partial charge >= 0.3 is 0 Å². The molecule has 8 heavy (non-hydrogen) atoms. The summed E-state index contributed by atoms with van der Waals surface area (Å²) in [5.41, 5.74) is 2.38. The van der Waals surface area contributed by atoms with Crippen LogP contribution in [0.2, 0.25) is 0 Å². The van der Waals surface area contributed by atoms with E-state index in [0.29, 0.717) is 5.71 Å². The maximum Gasteiger partial charge on any atom is 0.0729 e. The molecule has 3 N–H and O–H groups in total. The average Bonchev–Trinajstić information content (AvgIpc) is 1.84. The number of nitrogens with one attached hydrogen (secondary N) is 1. The molecule has 0 heterocycles. The molecule has 0 saturated heterocycles. The topological polar surface area (TPSA) is 64.9 Å². The Morgan fingerprint density at radius 3 is 2.38 bits per heavy atom. The van der Waals surface area contributed by atoms with E-state index in [0.717, 1.165) is 0 Å². The molecule has 0 aliphatic rings. The predicted molar refractivity (Wildman–Crippen MR) is 29.3 cm³/mol. The first kappa shape index (κ1) is 7.39. The molecule has 0 radical (unpaired) electrons. The van der Waals surface area contributed by atoms with E-state index in [2.05, 4.69) is 5.16 Å². The highest BCUT2D eigenvalue weighted by molar-refractivity contribution is 5.86. The van der Waals surface area contributed by atoms with Gasteiger partial charge in [0.15, 0.2) is 0 Å². The van der Waals surface area contributed by atoms with Crippen molar-refractivity contribution in [3.05, 3.63) is 0 Å². The molecule has 4 nitrogen and oxygen atoms in total. The third kappa shape index (κ3) is 1.90. The van der Waals surface area contributed by atoms with Crippen molar-refractivity contribution in [3.8, 4) is 0 Å². The molecule has 0 bridgehead atoms. The second-order valence-electron chi connectivity index (χ2n) is 1.59. The molecule has 0 rings (SSSR count). The van der Waals surface area contributed by atoms with Gasteiger partial charge in [0, 0.05) is 0 Å². The number of oxime groups is 1. The molecule has 4 heteroatoms. The lowest BCUT2D eigenvalue weighted by Crippen LogP contribution is -2.29. The summed E-state index contributed by atoms with van der Waals surface area (Å²) in [5, 5.41) is 19.1. The number of rotatable bonds is 2. The zero-order valence-corrected chi connectivity index (χ0v) is 4.92. The SMILES string of the molecule is CC(=NO)C(C)NO. The summed E-state index contributed by atoms with van der Waals surface area (Å²) < 4.78 is 0. The molecule has 0 aliphatic carbocycles. The van der Waals surface area contributed by atoms with Gasteiger partial charge in [-0.15, -0.1) is 0 Å². The van der Waals surface area contributed by atoms with Crippen LogP contribution >= 0.6 is 0 Å². The third-order valence-corrected chi connectivity index (χ3v) is 0.978. The van der Waals surface area contributed by atoms with Gasteiger partial charge in [-0.3, -0.25) is 0 Å². The van der Waals surface area contributed by atoms with E-state index in [1.807, 2.05) is 5.48 Å². The molecule has 0 aliphatic heterocycles. The first-order valence-corrected chi connectivity index (χ1v) is 2.30. The second kappa shape index (κ2) is 3.40. The number of nitrogens with zero attached hydrogens (tertiary/aromatic N) is 1. The minimum Gasteiger partial charge on any atom is -0.411 e. The fourth-order valence-electron chi connectivity index (χ4n) is 0.180. The molecule has 0 aromatic carbocycles. The van der Waals surface area contributed by atoms with Gasteiger partial charge in [-0.1, -0.05) is 5.16 Å². The third-order valence-electron chi connectivity index (χ3n) is 0.978. The quantitative estimate of drug-likeness (QED) is 0.276. The van der Waals surface area contributed by atoms with Gasteiger partial charge in [0.25, 0.3) is 0 Å². The van der Waals surface area contributed by atoms with Gasteiger partial charge in [0.1, 0.15) is 0 Å². The molecule has 1 atom stereocenters. The maximum absolute atomic E-state index is 8.19. The summed E-state index contributed by atoms with van der Waals surface area (Å²) in [4.78, 5) is 0. The van der Waals surface area contributed by atoms with Crippen LogP contribution in [-0.2, 0) is 0 Å². The summed E-state index contributed by atoms with van der Waals surface area (Å²) >= 11 is 0. The highest BCUT2D eigenvalue weighted by atomic mass is 16.5. The molecule has 0 amide bonds. The van der Waals surface area contributed by atoms with E-state index >= 15 is 0 Å². The van der Waals surface area contributed by atoms with E-state index in [4.69, 9.17) is 10.4 Å². The minimum atomic E-state index is -0.278. The van der Waals surface area contributed by atoms with Gasteiger partial charge in [-0.2, -0.15) is 5.48 Å². The van der Waals surface area contributed by atoms with Crippen molar-refractivity contribution in [3.63, 3.8) is 0 Å². The van der Waals surface area contributed by atoms with Crippen LogP contribution in [0, 0.1) is 0 Å². The van der Waals surface area contributed by atoms with Gasteiger partial charge in [-0.05, 0) is 13.8 Å². The average molecular weight is 118 g/mol. The van der Waals surface area contributed by atoms with Crippen LogP contribution in [0.4, 0.5) is 0 Å². The Morgan fingerprint density at radius 1 is 1.75 bits per heavy atom. The zero-order chi connectivity index (χ0) is 6.57. The van der Waals surface area contributed by atoms with Crippen molar-refractivity contribution >= 4 is 5.71 Å². The Bertz CT molecular complexity index is 92.0. The van der Waals surface area contributed by atoms with E-state index in [9.17, 15) is 0 Å². The highest BCUT2D eigenvalue weighted by Gasteiger charge is 2.01. The Balaban J connectivity index is 3.63. The smallest absolute Gasteiger partial charge is 0.0729 e. The fraction of sp³-hybridized carbons (Fsp3) is 0.750. The molecular weight excluding hydrogens is 108 g/mol. The summed E-state index contributed by atoms with van der Waals surface area (Å²) in [6.07, 6.45) is 0. The Labute approximate surface area is 47.8 Å². The molecule has 48 valence electrons. The van der Waals surface area contributed by atoms with Crippen LogP contribution in [-0.4, -0.2) is 22.2 Å². The molecule has 1 unspecified atom stereocenters. The zero-order valence-electron chi connectivity index (χ0n) is 4.92. The van der Waals surface area contributed by atoms with Crippen LogP contribution in [0.15, 0.2) is 5.16 Å². The largest absolute Gasteiger partial charge is 0.411 e. The number of hydrogen-bond acceptors (Lipinski definition) is 4. The van der Waals surface area contributed by atoms with Crippen LogP contribution in [0.1, 0.15) is 13.8 Å². The highest BCUT2D eigenvalue weighted by Crippen LogP contribution is 1.82. The van der Waals surface area contributed by atoms with Crippen LogP contribution in [0.3, 0.4) is 0 Å². The molecule has 0 spiro atoms. The predicted octanol–water partition coefficient (Wildman–Crippen LogP) is 0.204. The number of hydrogen-bond donors (Lipinski definition) is 3. The maximum atomic E-state index is 8.19. The van der Waals surface area contributed by atoms with E-state index in [1.165, 1.54) is 0 Å². The monoisotopic (exact) mass is 118 g/mol. The lowest BCUT2D eigenvalue weighted by Gasteiger charge is -2.04. The van der Waals surface area contributed by atoms with Crippen molar-refractivity contribution in [1.82, 2.24) is 5.48 Å². The van der Waals surface area contributed by atoms with Crippen molar-refractivity contribution in [2.45, 2.75) is 19.9 Å². The van der Waals surface area contributed by atoms with Gasteiger partial charge in [-0.25, -0.2) is 0 Å². The van der Waals surface area contributed by atoms with Gasteiger partial charge < -0.3 is 10.4 Å². The summed E-state index contributed by atoms with van der Waals surface area (Å²) in [6, 6.07) is -0.278. The molecular formula is C4H10N2O2. The minimum absolute atomic E-state index is 0.278. The van der Waals surface area contributed by atoms with E-state index in [1.54, 1.807) is 13.8 Å². The lowest BCUT2D eigenvalue weighted by molar-refractivity contribution is 0.153. The Kier molecular flexibility index (Phi) is 3.14.